The molecule has 2 heterocycles. The largest absolute Gasteiger partial charge is 0.489 e. The highest BCUT2D eigenvalue weighted by Gasteiger charge is 2.28. The lowest BCUT2D eigenvalue weighted by Gasteiger charge is -2.31. The summed E-state index contributed by atoms with van der Waals surface area (Å²) in [5.41, 5.74) is 2.33. The molecule has 1 aromatic heterocycles. The van der Waals surface area contributed by atoms with Crippen LogP contribution in [0.4, 0.5) is 14.5 Å². The maximum Gasteiger partial charge on any atom is 0.387 e. The fourth-order valence-electron chi connectivity index (χ4n) is 6.35. The van der Waals surface area contributed by atoms with Crippen LogP contribution in [0.25, 0.3) is 0 Å². The van der Waals surface area contributed by atoms with Crippen LogP contribution >= 0.6 is 23.2 Å². The number of aromatic nitrogens is 1. The summed E-state index contributed by atoms with van der Waals surface area (Å²) in [7, 11) is 0. The Hall–Kier alpha value is -4.45. The smallest absolute Gasteiger partial charge is 0.387 e. The van der Waals surface area contributed by atoms with Crippen LogP contribution in [-0.2, 0) is 20.7 Å². The van der Waals surface area contributed by atoms with E-state index in [0.717, 1.165) is 45.3 Å². The van der Waals surface area contributed by atoms with Gasteiger partial charge in [0.1, 0.15) is 6.10 Å². The minimum atomic E-state index is -3.06. The molecule has 6 rings (SSSR count). The standard InChI is InChI=1S/C41H43Cl2F2N3O6/c1-2-48-17-15-27(16-18-48)25-52-40(50)38(28-7-4-3-5-8-28)47-31-10-6-9-30(19-31)39(49)53-36(21-32-33(42)22-46-23-34(32)43)29-13-14-35(54-41(44)45)37(20-29)51-24-26-11-12-26/h3-10,13-14,19-20,22-23,26-27,36,38,41,47H,2,11-12,15-18,21,24-25H2,1H3/t36-,38?/m0/s1. The quantitative estimate of drug-likeness (QED) is 0.105. The third kappa shape index (κ3) is 10.8. The van der Waals surface area contributed by atoms with Gasteiger partial charge < -0.3 is 29.2 Å². The van der Waals surface area contributed by atoms with Gasteiger partial charge in [0.25, 0.3) is 0 Å². The molecule has 1 aliphatic heterocycles. The van der Waals surface area contributed by atoms with E-state index in [4.69, 9.17) is 42.1 Å². The minimum absolute atomic E-state index is 0.0420. The number of nitrogens with zero attached hydrogens (tertiary/aromatic N) is 2. The van der Waals surface area contributed by atoms with Gasteiger partial charge in [-0.25, -0.2) is 9.59 Å². The number of rotatable bonds is 17. The summed E-state index contributed by atoms with van der Waals surface area (Å²) >= 11 is 13.0. The van der Waals surface area contributed by atoms with E-state index in [9.17, 15) is 18.4 Å². The van der Waals surface area contributed by atoms with Crippen LogP contribution in [0, 0.1) is 11.8 Å². The average molecular weight is 783 g/mol. The fraction of sp³-hybridized carbons (Fsp3) is 0.390. The maximum atomic E-state index is 13.9. The van der Waals surface area contributed by atoms with Gasteiger partial charge >= 0.3 is 18.6 Å². The van der Waals surface area contributed by atoms with Crippen molar-refractivity contribution in [3.05, 3.63) is 117 Å². The first kappa shape index (κ1) is 39.2. The van der Waals surface area contributed by atoms with E-state index >= 15 is 0 Å². The predicted octanol–water partition coefficient (Wildman–Crippen LogP) is 9.35. The molecule has 1 N–H and O–H groups in total. The van der Waals surface area contributed by atoms with Crippen molar-refractivity contribution in [2.75, 3.05) is 38.2 Å². The van der Waals surface area contributed by atoms with Gasteiger partial charge in [-0.2, -0.15) is 8.78 Å². The number of alkyl halides is 2. The summed E-state index contributed by atoms with van der Waals surface area (Å²) in [6.45, 7) is 2.74. The summed E-state index contributed by atoms with van der Waals surface area (Å²) in [6, 6.07) is 19.5. The Morgan fingerprint density at radius 2 is 1.59 bits per heavy atom. The number of ether oxygens (including phenoxy) is 4. The molecule has 1 unspecified atom stereocenters. The van der Waals surface area contributed by atoms with Gasteiger partial charge in [-0.1, -0.05) is 72.6 Å². The Kier molecular flexibility index (Phi) is 13.6. The number of pyridine rings is 1. The monoisotopic (exact) mass is 781 g/mol. The Balaban J connectivity index is 1.22. The number of hydrogen-bond acceptors (Lipinski definition) is 9. The van der Waals surface area contributed by atoms with E-state index in [1.807, 2.05) is 30.3 Å². The number of esters is 2. The molecule has 1 saturated heterocycles. The lowest BCUT2D eigenvalue weighted by atomic mass is 9.98. The maximum absolute atomic E-state index is 13.9. The van der Waals surface area contributed by atoms with E-state index in [1.54, 1.807) is 24.3 Å². The number of benzene rings is 3. The lowest BCUT2D eigenvalue weighted by Crippen LogP contribution is -2.35. The Labute approximate surface area is 323 Å². The third-order valence-electron chi connectivity index (χ3n) is 9.71. The van der Waals surface area contributed by atoms with Crippen molar-refractivity contribution < 1.29 is 37.3 Å². The lowest BCUT2D eigenvalue weighted by molar-refractivity contribution is -0.146. The van der Waals surface area contributed by atoms with Crippen molar-refractivity contribution in [2.45, 2.75) is 57.8 Å². The van der Waals surface area contributed by atoms with Crippen LogP contribution < -0.4 is 14.8 Å². The minimum Gasteiger partial charge on any atom is -0.489 e. The van der Waals surface area contributed by atoms with Gasteiger partial charge in [-0.15, -0.1) is 0 Å². The van der Waals surface area contributed by atoms with Crippen LogP contribution in [0.1, 0.15) is 71.8 Å². The van der Waals surface area contributed by atoms with Gasteiger partial charge in [-0.3, -0.25) is 4.98 Å². The second-order valence-electron chi connectivity index (χ2n) is 13.6. The zero-order valence-corrected chi connectivity index (χ0v) is 31.4. The summed E-state index contributed by atoms with van der Waals surface area (Å²) in [6.07, 6.45) is 5.85. The number of likely N-dealkylation sites (tertiary alicyclic amines) is 1. The first-order valence-electron chi connectivity index (χ1n) is 18.2. The Morgan fingerprint density at radius 1 is 0.870 bits per heavy atom. The first-order valence-corrected chi connectivity index (χ1v) is 18.9. The average Bonchev–Trinajstić information content (AvgIpc) is 4.02. The molecule has 3 aromatic carbocycles. The highest BCUT2D eigenvalue weighted by Crippen LogP contribution is 2.38. The summed E-state index contributed by atoms with van der Waals surface area (Å²) in [4.78, 5) is 33.9. The fourth-order valence-corrected chi connectivity index (χ4v) is 6.86. The summed E-state index contributed by atoms with van der Waals surface area (Å²) in [5, 5.41) is 3.80. The molecule has 2 aliphatic rings. The van der Waals surface area contributed by atoms with E-state index in [-0.39, 0.29) is 33.5 Å². The molecular weight excluding hydrogens is 739 g/mol. The molecule has 9 nitrogen and oxygen atoms in total. The molecule has 0 spiro atoms. The molecule has 286 valence electrons. The number of halogens is 4. The molecule has 13 heteroatoms. The zero-order chi connectivity index (χ0) is 38.0. The van der Waals surface area contributed by atoms with Crippen LogP contribution in [0.2, 0.25) is 10.0 Å². The first-order chi connectivity index (χ1) is 26.2. The Bertz CT molecular complexity index is 1850. The number of carbonyl (C=O) groups is 2. The van der Waals surface area contributed by atoms with Crippen molar-refractivity contribution in [3.63, 3.8) is 0 Å². The Morgan fingerprint density at radius 3 is 2.28 bits per heavy atom. The molecule has 0 bridgehead atoms. The molecule has 0 amide bonds. The molecule has 0 radical (unpaired) electrons. The second kappa shape index (κ2) is 18.7. The number of hydrogen-bond donors (Lipinski definition) is 1. The van der Waals surface area contributed by atoms with E-state index in [1.165, 1.54) is 30.6 Å². The highest BCUT2D eigenvalue weighted by molar-refractivity contribution is 6.35. The molecule has 54 heavy (non-hydrogen) atoms. The normalized spacial score (nSPS) is 16.0. The third-order valence-corrected chi connectivity index (χ3v) is 10.4. The summed E-state index contributed by atoms with van der Waals surface area (Å²) in [5.74, 6) is -0.502. The molecule has 1 saturated carbocycles. The molecular formula is C41H43Cl2F2N3O6. The topological polar surface area (TPSA) is 99.2 Å². The molecule has 2 fully saturated rings. The zero-order valence-electron chi connectivity index (χ0n) is 29.9. The van der Waals surface area contributed by atoms with Crippen molar-refractivity contribution in [1.29, 1.82) is 0 Å². The van der Waals surface area contributed by atoms with Gasteiger partial charge in [0, 0.05) is 24.5 Å². The van der Waals surface area contributed by atoms with Gasteiger partial charge in [0.15, 0.2) is 17.5 Å². The number of anilines is 1. The van der Waals surface area contributed by atoms with Crippen LogP contribution in [0.15, 0.2) is 85.2 Å². The summed E-state index contributed by atoms with van der Waals surface area (Å²) < 4.78 is 49.2. The SMILES string of the molecule is CCN1CCC(COC(=O)C(Nc2cccc(C(=O)O[C@@H](Cc3c(Cl)cncc3Cl)c3ccc(OC(F)F)c(OCC4CC4)c3)c2)c2ccccc2)CC1. The van der Waals surface area contributed by atoms with Crippen molar-refractivity contribution in [2.24, 2.45) is 11.8 Å². The van der Waals surface area contributed by atoms with E-state index in [0.29, 0.717) is 47.4 Å². The van der Waals surface area contributed by atoms with Crippen molar-refractivity contribution in [3.8, 4) is 11.5 Å². The predicted molar refractivity (Wildman–Crippen MR) is 202 cm³/mol. The van der Waals surface area contributed by atoms with Crippen LogP contribution in [-0.4, -0.2) is 61.3 Å². The van der Waals surface area contributed by atoms with Gasteiger partial charge in [-0.05, 0) is 104 Å². The number of nitrogens with one attached hydrogen (secondary N) is 1. The van der Waals surface area contributed by atoms with Crippen molar-refractivity contribution in [1.82, 2.24) is 9.88 Å². The van der Waals surface area contributed by atoms with Crippen molar-refractivity contribution >= 4 is 40.8 Å². The van der Waals surface area contributed by atoms with Gasteiger partial charge in [0.2, 0.25) is 0 Å². The molecule has 2 atom stereocenters. The van der Waals surface area contributed by atoms with Crippen LogP contribution in [0.5, 0.6) is 11.5 Å². The molecule has 1 aliphatic carbocycles. The van der Waals surface area contributed by atoms with Gasteiger partial charge in [0.05, 0.1) is 28.8 Å². The second-order valence-corrected chi connectivity index (χ2v) is 14.4. The van der Waals surface area contributed by atoms with Crippen LogP contribution in [0.3, 0.4) is 0 Å². The number of piperidine rings is 1. The highest BCUT2D eigenvalue weighted by atomic mass is 35.5. The number of carbonyl (C=O) groups excluding carboxylic acids is 2. The molecule has 4 aromatic rings. The van der Waals surface area contributed by atoms with E-state index in [2.05, 4.69) is 22.1 Å². The van der Waals surface area contributed by atoms with E-state index < -0.39 is 30.7 Å².